The molecule has 0 spiro atoms. The summed E-state index contributed by atoms with van der Waals surface area (Å²) in [5.74, 6) is -3.08. The number of amides is 1. The number of rotatable bonds is 3. The van der Waals surface area contributed by atoms with Gasteiger partial charge in [-0.05, 0) is 31.9 Å². The lowest BCUT2D eigenvalue weighted by molar-refractivity contribution is -0.313. The van der Waals surface area contributed by atoms with Crippen molar-refractivity contribution in [3.05, 3.63) is 40.9 Å². The molecule has 5 heteroatoms. The van der Waals surface area contributed by atoms with Crippen LogP contribution in [0.1, 0.15) is 18.4 Å². The van der Waals surface area contributed by atoms with E-state index in [1.54, 1.807) is 18.2 Å². The van der Waals surface area contributed by atoms with E-state index in [9.17, 15) is 14.7 Å². The maximum Gasteiger partial charge on any atom is 0.228 e. The maximum absolute atomic E-state index is 12.2. The van der Waals surface area contributed by atoms with Gasteiger partial charge in [0.2, 0.25) is 5.91 Å². The molecule has 106 valence electrons. The molecule has 0 aliphatic heterocycles. The molecule has 1 aliphatic rings. The molecule has 0 aromatic heterocycles. The number of allylic oxidation sites excluding steroid dienone is 2. The number of carbonyl (C=O) groups is 2. The zero-order valence-electron chi connectivity index (χ0n) is 11.1. The summed E-state index contributed by atoms with van der Waals surface area (Å²) in [6.07, 6.45) is 2.10. The van der Waals surface area contributed by atoms with E-state index in [1.807, 2.05) is 19.1 Å². The summed E-state index contributed by atoms with van der Waals surface area (Å²) in [7, 11) is 0. The summed E-state index contributed by atoms with van der Waals surface area (Å²) in [4.78, 5) is 23.3. The Kier molecular flexibility index (Phi) is 4.45. The highest BCUT2D eigenvalue weighted by atomic mass is 35.5. The Morgan fingerprint density at radius 2 is 1.90 bits per heavy atom. The van der Waals surface area contributed by atoms with Crippen LogP contribution in [-0.4, -0.2) is 11.9 Å². The molecular formula is C15H15ClNO3-. The van der Waals surface area contributed by atoms with E-state index in [4.69, 9.17) is 11.6 Å². The number of carboxylic acid groups (broad SMARTS) is 1. The van der Waals surface area contributed by atoms with Gasteiger partial charge in [-0.1, -0.05) is 35.4 Å². The topological polar surface area (TPSA) is 69.2 Å². The fourth-order valence-corrected chi connectivity index (χ4v) is 2.52. The van der Waals surface area contributed by atoms with Crippen molar-refractivity contribution in [1.82, 2.24) is 0 Å². The Balaban J connectivity index is 2.12. The van der Waals surface area contributed by atoms with Gasteiger partial charge in [-0.15, -0.1) is 0 Å². The minimum absolute atomic E-state index is 0.229. The number of aliphatic carboxylic acids is 1. The van der Waals surface area contributed by atoms with Crippen LogP contribution in [0.5, 0.6) is 0 Å². The van der Waals surface area contributed by atoms with Crippen molar-refractivity contribution in [1.29, 1.82) is 0 Å². The van der Waals surface area contributed by atoms with E-state index in [1.165, 1.54) is 0 Å². The number of anilines is 1. The lowest BCUT2D eigenvalue weighted by Gasteiger charge is -2.29. The van der Waals surface area contributed by atoms with Gasteiger partial charge >= 0.3 is 0 Å². The van der Waals surface area contributed by atoms with Gasteiger partial charge in [0.1, 0.15) is 0 Å². The molecule has 0 unspecified atom stereocenters. The lowest BCUT2D eigenvalue weighted by atomic mass is 9.82. The van der Waals surface area contributed by atoms with Crippen LogP contribution in [-0.2, 0) is 9.59 Å². The van der Waals surface area contributed by atoms with Gasteiger partial charge in [-0.25, -0.2) is 0 Å². The molecular weight excluding hydrogens is 278 g/mol. The molecule has 0 saturated heterocycles. The number of halogens is 1. The monoisotopic (exact) mass is 292 g/mol. The van der Waals surface area contributed by atoms with Crippen molar-refractivity contribution in [2.45, 2.75) is 19.8 Å². The highest BCUT2D eigenvalue weighted by Gasteiger charge is 2.32. The quantitative estimate of drug-likeness (QED) is 0.924. The minimum Gasteiger partial charge on any atom is -0.550 e. The van der Waals surface area contributed by atoms with Crippen LogP contribution in [0.3, 0.4) is 0 Å². The van der Waals surface area contributed by atoms with Crippen LogP contribution in [0.4, 0.5) is 5.69 Å². The smallest absolute Gasteiger partial charge is 0.228 e. The summed E-state index contributed by atoms with van der Waals surface area (Å²) in [6.45, 7) is 1.95. The van der Waals surface area contributed by atoms with Gasteiger partial charge in [-0.2, -0.15) is 0 Å². The first-order valence-electron chi connectivity index (χ1n) is 6.40. The van der Waals surface area contributed by atoms with E-state index in [0.717, 1.165) is 5.56 Å². The third-order valence-corrected chi connectivity index (χ3v) is 3.76. The molecule has 1 aliphatic carbocycles. The second-order valence-electron chi connectivity index (χ2n) is 4.98. The molecule has 0 fully saturated rings. The van der Waals surface area contributed by atoms with Crippen LogP contribution in [0.15, 0.2) is 35.4 Å². The minimum atomic E-state index is -1.21. The van der Waals surface area contributed by atoms with Gasteiger partial charge in [0, 0.05) is 22.6 Å². The van der Waals surface area contributed by atoms with Crippen molar-refractivity contribution in [3.63, 3.8) is 0 Å². The van der Waals surface area contributed by atoms with Gasteiger partial charge < -0.3 is 15.2 Å². The van der Waals surface area contributed by atoms with E-state index in [2.05, 4.69) is 5.32 Å². The number of carboxylic acids is 1. The Morgan fingerprint density at radius 1 is 1.25 bits per heavy atom. The Morgan fingerprint density at radius 3 is 2.50 bits per heavy atom. The largest absolute Gasteiger partial charge is 0.550 e. The summed E-state index contributed by atoms with van der Waals surface area (Å²) in [5, 5.41) is 14.4. The van der Waals surface area contributed by atoms with Crippen LogP contribution >= 0.6 is 11.6 Å². The Labute approximate surface area is 122 Å². The molecule has 0 bridgehead atoms. The molecule has 2 rings (SSSR count). The number of hydrogen-bond donors (Lipinski definition) is 1. The molecule has 20 heavy (non-hydrogen) atoms. The summed E-state index contributed by atoms with van der Waals surface area (Å²) < 4.78 is 0. The highest BCUT2D eigenvalue weighted by molar-refractivity contribution is 6.29. The first kappa shape index (κ1) is 14.6. The summed E-state index contributed by atoms with van der Waals surface area (Å²) in [5.41, 5.74) is 1.72. The Bertz CT molecular complexity index is 551. The molecule has 4 nitrogen and oxygen atoms in total. The zero-order chi connectivity index (χ0) is 14.7. The zero-order valence-corrected chi connectivity index (χ0v) is 11.8. The van der Waals surface area contributed by atoms with Crippen LogP contribution in [0.25, 0.3) is 0 Å². The second kappa shape index (κ2) is 6.09. The molecule has 1 aromatic rings. The number of benzene rings is 1. The van der Waals surface area contributed by atoms with Crippen molar-refractivity contribution >= 4 is 29.2 Å². The fourth-order valence-electron chi connectivity index (χ4n) is 2.26. The fraction of sp³-hybridized carbons (Fsp3) is 0.333. The molecule has 1 amide bonds. The average molecular weight is 293 g/mol. The normalized spacial score (nSPS) is 22.0. The first-order chi connectivity index (χ1) is 9.47. The van der Waals surface area contributed by atoms with Crippen molar-refractivity contribution in [2.24, 2.45) is 11.8 Å². The summed E-state index contributed by atoms with van der Waals surface area (Å²) in [6, 6.07) is 7.31. The Hall–Kier alpha value is -1.81. The van der Waals surface area contributed by atoms with Crippen molar-refractivity contribution in [3.8, 4) is 0 Å². The van der Waals surface area contributed by atoms with Gasteiger partial charge in [-0.3, -0.25) is 4.79 Å². The average Bonchev–Trinajstić information content (AvgIpc) is 2.41. The van der Waals surface area contributed by atoms with Gasteiger partial charge in [0.05, 0.1) is 5.92 Å². The van der Waals surface area contributed by atoms with Crippen LogP contribution in [0, 0.1) is 18.8 Å². The predicted molar refractivity (Wildman–Crippen MR) is 75.0 cm³/mol. The predicted octanol–water partition coefficient (Wildman–Crippen LogP) is 1.83. The van der Waals surface area contributed by atoms with E-state index >= 15 is 0 Å². The lowest BCUT2D eigenvalue weighted by Crippen LogP contribution is -2.42. The molecule has 1 aromatic carbocycles. The molecule has 0 heterocycles. The summed E-state index contributed by atoms with van der Waals surface area (Å²) >= 11 is 5.92. The first-order valence-corrected chi connectivity index (χ1v) is 6.78. The SMILES string of the molecule is Cc1ccc(NC(=O)[C@@H]2CC(Cl)=CC[C@H]2C(=O)[O-])cc1. The highest BCUT2D eigenvalue weighted by Crippen LogP contribution is 2.32. The van der Waals surface area contributed by atoms with E-state index < -0.39 is 17.8 Å². The maximum atomic E-state index is 12.2. The second-order valence-corrected chi connectivity index (χ2v) is 5.46. The number of aryl methyl sites for hydroxylation is 1. The molecule has 0 radical (unpaired) electrons. The van der Waals surface area contributed by atoms with Crippen molar-refractivity contribution < 1.29 is 14.7 Å². The van der Waals surface area contributed by atoms with Gasteiger partial charge in [0.25, 0.3) is 0 Å². The molecule has 2 atom stereocenters. The third-order valence-electron chi connectivity index (χ3n) is 3.45. The van der Waals surface area contributed by atoms with E-state index in [0.29, 0.717) is 10.7 Å². The molecule has 0 saturated carbocycles. The van der Waals surface area contributed by atoms with Crippen molar-refractivity contribution in [2.75, 3.05) is 5.32 Å². The van der Waals surface area contributed by atoms with Gasteiger partial charge in [0.15, 0.2) is 0 Å². The third kappa shape index (κ3) is 3.39. The van der Waals surface area contributed by atoms with E-state index in [-0.39, 0.29) is 18.7 Å². The standard InChI is InChI=1S/C15H16ClNO3/c1-9-2-5-11(6-3-9)17-14(18)13-8-10(16)4-7-12(13)15(19)20/h2-6,12-13H,7-8H2,1H3,(H,17,18)(H,19,20)/p-1/t12-,13-/m1/s1. The number of nitrogens with one attached hydrogen (secondary N) is 1. The molecule has 1 N–H and O–H groups in total. The number of carbonyl (C=O) groups excluding carboxylic acids is 2. The number of hydrogen-bond acceptors (Lipinski definition) is 3. The van der Waals surface area contributed by atoms with Crippen LogP contribution < -0.4 is 10.4 Å². The van der Waals surface area contributed by atoms with Crippen LogP contribution in [0.2, 0.25) is 0 Å².